The van der Waals surface area contributed by atoms with Crippen molar-refractivity contribution in [3.8, 4) is 0 Å². The highest BCUT2D eigenvalue weighted by atomic mass is 19.1. The number of anilines is 1. The Bertz CT molecular complexity index is 369. The van der Waals surface area contributed by atoms with Crippen LogP contribution in [0.2, 0.25) is 0 Å². The smallest absolute Gasteiger partial charge is 0.123 e. The first kappa shape index (κ1) is 14.9. The van der Waals surface area contributed by atoms with Gasteiger partial charge >= 0.3 is 0 Å². The van der Waals surface area contributed by atoms with E-state index in [4.69, 9.17) is 5.11 Å². The Kier molecular flexibility index (Phi) is 6.09. The van der Waals surface area contributed by atoms with Crippen molar-refractivity contribution >= 4 is 5.69 Å². The molecule has 1 aromatic carbocycles. The number of hydrogen-bond donors (Lipinski definition) is 2. The summed E-state index contributed by atoms with van der Waals surface area (Å²) >= 11 is 0. The molecule has 0 bridgehead atoms. The Labute approximate surface area is 108 Å². The highest BCUT2D eigenvalue weighted by molar-refractivity contribution is 5.54. The summed E-state index contributed by atoms with van der Waals surface area (Å²) < 4.78 is 13.2. The van der Waals surface area contributed by atoms with E-state index < -0.39 is 6.10 Å². The average Bonchev–Trinajstić information content (AvgIpc) is 2.34. The van der Waals surface area contributed by atoms with Crippen LogP contribution in [0.4, 0.5) is 10.1 Å². The second-order valence-corrected chi connectivity index (χ2v) is 4.44. The van der Waals surface area contributed by atoms with Gasteiger partial charge in [-0.1, -0.05) is 13.3 Å². The van der Waals surface area contributed by atoms with E-state index in [1.54, 1.807) is 13.0 Å². The van der Waals surface area contributed by atoms with Crippen molar-refractivity contribution in [1.82, 2.24) is 0 Å². The van der Waals surface area contributed by atoms with Gasteiger partial charge in [0.15, 0.2) is 0 Å². The molecule has 1 rings (SSSR count). The molecule has 102 valence electrons. The molecule has 0 aliphatic heterocycles. The third-order valence-electron chi connectivity index (χ3n) is 2.93. The topological polar surface area (TPSA) is 43.7 Å². The molecule has 0 aliphatic rings. The first-order valence-corrected chi connectivity index (χ1v) is 6.43. The summed E-state index contributed by atoms with van der Waals surface area (Å²) in [5, 5.41) is 18.8. The van der Waals surface area contributed by atoms with Crippen LogP contribution in [0.25, 0.3) is 0 Å². The lowest BCUT2D eigenvalue weighted by Crippen LogP contribution is -2.29. The summed E-state index contributed by atoms with van der Waals surface area (Å²) in [4.78, 5) is 1.99. The molecule has 0 saturated carbocycles. The van der Waals surface area contributed by atoms with Gasteiger partial charge in [0.25, 0.3) is 0 Å². The van der Waals surface area contributed by atoms with Gasteiger partial charge in [0.2, 0.25) is 0 Å². The molecule has 2 N–H and O–H groups in total. The van der Waals surface area contributed by atoms with E-state index in [0.717, 1.165) is 25.1 Å². The summed E-state index contributed by atoms with van der Waals surface area (Å²) in [7, 11) is 0. The molecule has 0 radical (unpaired) electrons. The van der Waals surface area contributed by atoms with E-state index in [0.29, 0.717) is 12.1 Å². The molecule has 0 spiro atoms. The van der Waals surface area contributed by atoms with Crippen molar-refractivity contribution in [2.45, 2.75) is 32.8 Å². The predicted molar refractivity (Wildman–Crippen MR) is 71.2 cm³/mol. The zero-order valence-electron chi connectivity index (χ0n) is 11.1. The van der Waals surface area contributed by atoms with Gasteiger partial charge in [0.1, 0.15) is 5.82 Å². The van der Waals surface area contributed by atoms with E-state index >= 15 is 0 Å². The van der Waals surface area contributed by atoms with Crippen LogP contribution < -0.4 is 4.90 Å². The maximum Gasteiger partial charge on any atom is 0.123 e. The largest absolute Gasteiger partial charge is 0.395 e. The number of rotatable bonds is 7. The Morgan fingerprint density at radius 1 is 1.33 bits per heavy atom. The summed E-state index contributed by atoms with van der Waals surface area (Å²) in [5.74, 6) is -0.353. The zero-order valence-corrected chi connectivity index (χ0v) is 11.1. The standard InChI is InChI=1S/C14H22FNO2/c1-3-4-7-16(8-9-17)14-6-5-12(15)10-13(14)11(2)18/h5-6,10-11,17-18H,3-4,7-9H2,1-2H3. The first-order chi connectivity index (χ1) is 8.60. The highest BCUT2D eigenvalue weighted by Gasteiger charge is 2.14. The molecule has 0 amide bonds. The van der Waals surface area contributed by atoms with E-state index in [2.05, 4.69) is 6.92 Å². The minimum atomic E-state index is -0.724. The van der Waals surface area contributed by atoms with Crippen LogP contribution in [0.15, 0.2) is 18.2 Å². The number of benzene rings is 1. The molecule has 4 heteroatoms. The van der Waals surface area contributed by atoms with Crippen LogP contribution in [0.1, 0.15) is 38.4 Å². The molecule has 0 aliphatic carbocycles. The third kappa shape index (κ3) is 3.96. The maximum atomic E-state index is 13.2. The van der Waals surface area contributed by atoms with Crippen molar-refractivity contribution in [2.24, 2.45) is 0 Å². The number of nitrogens with zero attached hydrogens (tertiary/aromatic N) is 1. The van der Waals surface area contributed by atoms with Crippen LogP contribution in [-0.4, -0.2) is 29.9 Å². The molecule has 0 saturated heterocycles. The van der Waals surface area contributed by atoms with Crippen molar-refractivity contribution in [3.05, 3.63) is 29.6 Å². The van der Waals surface area contributed by atoms with Gasteiger partial charge in [0.05, 0.1) is 12.7 Å². The molecular formula is C14H22FNO2. The van der Waals surface area contributed by atoms with Gasteiger partial charge in [-0.3, -0.25) is 0 Å². The van der Waals surface area contributed by atoms with Crippen molar-refractivity contribution in [1.29, 1.82) is 0 Å². The molecular weight excluding hydrogens is 233 g/mol. The molecule has 0 fully saturated rings. The number of aliphatic hydroxyl groups is 2. The predicted octanol–water partition coefficient (Wildman–Crippen LogP) is 2.48. The number of unbranched alkanes of at least 4 members (excludes halogenated alkanes) is 1. The lowest BCUT2D eigenvalue weighted by atomic mass is 10.1. The van der Waals surface area contributed by atoms with Gasteiger partial charge in [0, 0.05) is 24.3 Å². The monoisotopic (exact) mass is 255 g/mol. The van der Waals surface area contributed by atoms with Crippen molar-refractivity contribution in [2.75, 3.05) is 24.6 Å². The van der Waals surface area contributed by atoms with Crippen LogP contribution in [-0.2, 0) is 0 Å². The van der Waals surface area contributed by atoms with Crippen LogP contribution >= 0.6 is 0 Å². The summed E-state index contributed by atoms with van der Waals surface area (Å²) in [5.41, 5.74) is 1.37. The summed E-state index contributed by atoms with van der Waals surface area (Å²) in [6, 6.07) is 4.41. The van der Waals surface area contributed by atoms with Crippen LogP contribution in [0.5, 0.6) is 0 Å². The molecule has 0 aromatic heterocycles. The lowest BCUT2D eigenvalue weighted by Gasteiger charge is -2.27. The molecule has 3 nitrogen and oxygen atoms in total. The SMILES string of the molecule is CCCCN(CCO)c1ccc(F)cc1C(C)O. The van der Waals surface area contributed by atoms with Gasteiger partial charge in [-0.25, -0.2) is 4.39 Å². The Balaban J connectivity index is 3.01. The summed E-state index contributed by atoms with van der Waals surface area (Å²) in [6.45, 7) is 5.04. The third-order valence-corrected chi connectivity index (χ3v) is 2.93. The summed E-state index contributed by atoms with van der Waals surface area (Å²) in [6.07, 6.45) is 1.32. The molecule has 1 unspecified atom stereocenters. The van der Waals surface area contributed by atoms with E-state index in [-0.39, 0.29) is 12.4 Å². The van der Waals surface area contributed by atoms with Gasteiger partial charge in [-0.05, 0) is 31.5 Å². The van der Waals surface area contributed by atoms with E-state index in [9.17, 15) is 9.50 Å². The molecule has 18 heavy (non-hydrogen) atoms. The van der Waals surface area contributed by atoms with Gasteiger partial charge in [-0.15, -0.1) is 0 Å². The average molecular weight is 255 g/mol. The quantitative estimate of drug-likeness (QED) is 0.786. The Hall–Kier alpha value is -1.13. The fourth-order valence-corrected chi connectivity index (χ4v) is 1.97. The number of hydrogen-bond acceptors (Lipinski definition) is 3. The van der Waals surface area contributed by atoms with Crippen molar-refractivity contribution in [3.63, 3.8) is 0 Å². The van der Waals surface area contributed by atoms with E-state index in [1.165, 1.54) is 12.1 Å². The second-order valence-electron chi connectivity index (χ2n) is 4.44. The van der Waals surface area contributed by atoms with Gasteiger partial charge in [-0.2, -0.15) is 0 Å². The highest BCUT2D eigenvalue weighted by Crippen LogP contribution is 2.27. The van der Waals surface area contributed by atoms with Crippen LogP contribution in [0, 0.1) is 5.82 Å². The lowest BCUT2D eigenvalue weighted by molar-refractivity contribution is 0.199. The minimum absolute atomic E-state index is 0.0420. The van der Waals surface area contributed by atoms with Crippen molar-refractivity contribution < 1.29 is 14.6 Å². The maximum absolute atomic E-state index is 13.2. The normalized spacial score (nSPS) is 12.5. The fourth-order valence-electron chi connectivity index (χ4n) is 1.97. The van der Waals surface area contributed by atoms with E-state index in [1.807, 2.05) is 4.90 Å². The Morgan fingerprint density at radius 2 is 2.06 bits per heavy atom. The second kappa shape index (κ2) is 7.34. The minimum Gasteiger partial charge on any atom is -0.395 e. The number of halogens is 1. The molecule has 1 aromatic rings. The number of aliphatic hydroxyl groups excluding tert-OH is 2. The van der Waals surface area contributed by atoms with Crippen LogP contribution in [0.3, 0.4) is 0 Å². The van der Waals surface area contributed by atoms with Gasteiger partial charge < -0.3 is 15.1 Å². The molecule has 0 heterocycles. The Morgan fingerprint density at radius 3 is 2.61 bits per heavy atom. The fraction of sp³-hybridized carbons (Fsp3) is 0.571. The molecule has 1 atom stereocenters. The first-order valence-electron chi connectivity index (χ1n) is 6.43. The zero-order chi connectivity index (χ0) is 13.5.